The van der Waals surface area contributed by atoms with E-state index in [0.29, 0.717) is 6.61 Å². The Kier molecular flexibility index (Phi) is 16.4. The average molecular weight is 475 g/mol. The molecule has 1 heterocycles. The molecule has 1 unspecified atom stereocenters. The summed E-state index contributed by atoms with van der Waals surface area (Å²) >= 11 is 0. The number of anilines is 1. The van der Waals surface area contributed by atoms with Crippen LogP contribution in [-0.4, -0.2) is 38.3 Å². The van der Waals surface area contributed by atoms with Crippen LogP contribution in [0.4, 0.5) is 5.69 Å². The highest BCUT2D eigenvalue weighted by molar-refractivity contribution is 5.81. The van der Waals surface area contributed by atoms with Gasteiger partial charge >= 0.3 is 0 Å². The number of para-hydroxylation sites is 2. The van der Waals surface area contributed by atoms with Crippen molar-refractivity contribution in [1.29, 1.82) is 0 Å². The van der Waals surface area contributed by atoms with Crippen LogP contribution in [0.1, 0.15) is 110 Å². The second-order valence-corrected chi connectivity index (χ2v) is 9.74. The molecule has 0 bridgehead atoms. The summed E-state index contributed by atoms with van der Waals surface area (Å²) in [4.78, 5) is 12.2. The number of rotatable bonds is 21. The summed E-state index contributed by atoms with van der Waals surface area (Å²) < 4.78 is 11.5. The van der Waals surface area contributed by atoms with E-state index in [4.69, 9.17) is 9.47 Å². The number of amides is 1. The number of carbonyl (C=O) groups is 1. The minimum Gasteiger partial charge on any atom is -0.489 e. The highest BCUT2D eigenvalue weighted by atomic mass is 16.5. The summed E-state index contributed by atoms with van der Waals surface area (Å²) in [5.41, 5.74) is 0.854. The monoisotopic (exact) mass is 474 g/mol. The topological polar surface area (TPSA) is 59.6 Å². The molecule has 0 radical (unpaired) electrons. The number of carbonyl (C=O) groups excluding carboxylic acids is 1. The maximum Gasteiger partial charge on any atom is 0.239 e. The Balaban J connectivity index is 1.40. The standard InChI is InChI=1S/C29H50N2O3/c1-2-3-4-5-6-7-8-9-10-11-12-13-14-17-22-30-29(32)24-31-27-20-15-16-21-28(27)34-25-26-19-18-23-33-26/h15-16,20-21,26,31H,2-14,17-19,22-25H2,1H3,(H,30,32). The Labute approximate surface area is 208 Å². The molecule has 1 atom stereocenters. The van der Waals surface area contributed by atoms with Gasteiger partial charge in [-0.25, -0.2) is 0 Å². The lowest BCUT2D eigenvalue weighted by Gasteiger charge is -2.15. The Hall–Kier alpha value is -1.75. The first kappa shape index (κ1) is 28.5. The molecule has 0 saturated carbocycles. The first-order chi connectivity index (χ1) is 16.8. The minimum absolute atomic E-state index is 0.0311. The van der Waals surface area contributed by atoms with Crippen LogP contribution in [0.2, 0.25) is 0 Å². The van der Waals surface area contributed by atoms with Gasteiger partial charge in [-0.15, -0.1) is 0 Å². The Morgan fingerprint density at radius 1 is 0.912 bits per heavy atom. The number of hydrogen-bond acceptors (Lipinski definition) is 4. The molecule has 1 aromatic carbocycles. The van der Waals surface area contributed by atoms with Gasteiger partial charge in [-0.1, -0.05) is 103 Å². The summed E-state index contributed by atoms with van der Waals surface area (Å²) in [7, 11) is 0. The minimum atomic E-state index is 0.0311. The number of unbranched alkanes of at least 4 members (excludes halogenated alkanes) is 13. The molecule has 1 amide bonds. The van der Waals surface area contributed by atoms with Gasteiger partial charge in [-0.3, -0.25) is 4.79 Å². The van der Waals surface area contributed by atoms with E-state index in [2.05, 4.69) is 17.6 Å². The van der Waals surface area contributed by atoms with Crippen molar-refractivity contribution in [2.45, 2.75) is 116 Å². The van der Waals surface area contributed by atoms with E-state index in [1.54, 1.807) is 0 Å². The fourth-order valence-electron chi connectivity index (χ4n) is 4.48. The number of benzene rings is 1. The van der Waals surface area contributed by atoms with Gasteiger partial charge in [0.1, 0.15) is 12.4 Å². The number of nitrogens with one attached hydrogen (secondary N) is 2. The zero-order valence-electron chi connectivity index (χ0n) is 21.8. The van der Waals surface area contributed by atoms with Crippen molar-refractivity contribution in [2.24, 2.45) is 0 Å². The van der Waals surface area contributed by atoms with E-state index < -0.39 is 0 Å². The summed E-state index contributed by atoms with van der Waals surface area (Å²) in [6, 6.07) is 7.79. The molecule has 1 aliphatic rings. The van der Waals surface area contributed by atoms with Gasteiger partial charge in [-0.05, 0) is 31.4 Å². The lowest BCUT2D eigenvalue weighted by Crippen LogP contribution is -2.30. The molecular weight excluding hydrogens is 424 g/mol. The molecule has 1 fully saturated rings. The van der Waals surface area contributed by atoms with Crippen LogP contribution >= 0.6 is 0 Å². The van der Waals surface area contributed by atoms with Crippen LogP contribution in [0.5, 0.6) is 5.75 Å². The summed E-state index contributed by atoms with van der Waals surface area (Å²) in [6.07, 6.45) is 21.2. The molecule has 5 heteroatoms. The second-order valence-electron chi connectivity index (χ2n) is 9.74. The third-order valence-electron chi connectivity index (χ3n) is 6.63. The molecule has 2 rings (SSSR count). The predicted octanol–water partition coefficient (Wildman–Crippen LogP) is 7.25. The zero-order valence-corrected chi connectivity index (χ0v) is 21.8. The van der Waals surface area contributed by atoms with Crippen molar-refractivity contribution < 1.29 is 14.3 Å². The molecule has 1 aliphatic heterocycles. The fraction of sp³-hybridized carbons (Fsp3) is 0.759. The zero-order chi connectivity index (χ0) is 24.1. The van der Waals surface area contributed by atoms with E-state index in [0.717, 1.165) is 43.9 Å². The third-order valence-corrected chi connectivity index (χ3v) is 6.63. The van der Waals surface area contributed by atoms with Gasteiger partial charge in [-0.2, -0.15) is 0 Å². The van der Waals surface area contributed by atoms with Crippen molar-refractivity contribution in [2.75, 3.05) is 31.6 Å². The van der Waals surface area contributed by atoms with Crippen molar-refractivity contribution in [3.8, 4) is 5.75 Å². The van der Waals surface area contributed by atoms with Crippen LogP contribution in [0.25, 0.3) is 0 Å². The summed E-state index contributed by atoms with van der Waals surface area (Å²) in [6.45, 7) is 4.69. The number of hydrogen-bond donors (Lipinski definition) is 2. The van der Waals surface area contributed by atoms with Crippen molar-refractivity contribution in [3.63, 3.8) is 0 Å². The molecule has 5 nitrogen and oxygen atoms in total. The fourth-order valence-corrected chi connectivity index (χ4v) is 4.48. The van der Waals surface area contributed by atoms with Crippen LogP contribution < -0.4 is 15.4 Å². The molecule has 0 aromatic heterocycles. The van der Waals surface area contributed by atoms with E-state index in [9.17, 15) is 4.79 Å². The van der Waals surface area contributed by atoms with E-state index in [1.165, 1.54) is 83.5 Å². The SMILES string of the molecule is CCCCCCCCCCCCCCCCNC(=O)CNc1ccccc1OCC1CCCO1. The second kappa shape index (κ2) is 19.5. The lowest BCUT2D eigenvalue weighted by atomic mass is 10.0. The van der Waals surface area contributed by atoms with E-state index in [1.807, 2.05) is 24.3 Å². The largest absolute Gasteiger partial charge is 0.489 e. The van der Waals surface area contributed by atoms with Gasteiger partial charge < -0.3 is 20.1 Å². The normalized spacial score (nSPS) is 15.4. The molecule has 0 spiro atoms. The molecule has 0 aliphatic carbocycles. The molecule has 194 valence electrons. The summed E-state index contributed by atoms with van der Waals surface area (Å²) in [5.74, 6) is 0.807. The molecular formula is C29H50N2O3. The smallest absolute Gasteiger partial charge is 0.239 e. The molecule has 2 N–H and O–H groups in total. The number of ether oxygens (including phenoxy) is 2. The highest BCUT2D eigenvalue weighted by Crippen LogP contribution is 2.24. The van der Waals surface area contributed by atoms with Crippen LogP contribution in [0, 0.1) is 0 Å². The maximum absolute atomic E-state index is 12.2. The highest BCUT2D eigenvalue weighted by Gasteiger charge is 2.16. The van der Waals surface area contributed by atoms with Crippen LogP contribution in [-0.2, 0) is 9.53 Å². The predicted molar refractivity (Wildman–Crippen MR) is 143 cm³/mol. The van der Waals surface area contributed by atoms with Gasteiger partial charge in [0.05, 0.1) is 18.3 Å². The van der Waals surface area contributed by atoms with E-state index in [-0.39, 0.29) is 18.6 Å². The maximum atomic E-state index is 12.2. The Morgan fingerprint density at radius 2 is 1.53 bits per heavy atom. The van der Waals surface area contributed by atoms with Crippen molar-refractivity contribution >= 4 is 11.6 Å². The first-order valence-electron chi connectivity index (χ1n) is 14.1. The molecule has 1 aromatic rings. The molecule has 34 heavy (non-hydrogen) atoms. The Morgan fingerprint density at radius 3 is 2.15 bits per heavy atom. The molecule has 1 saturated heterocycles. The summed E-state index contributed by atoms with van der Waals surface area (Å²) in [5, 5.41) is 6.24. The van der Waals surface area contributed by atoms with Gasteiger partial charge in [0, 0.05) is 13.2 Å². The average Bonchev–Trinajstić information content (AvgIpc) is 3.38. The van der Waals surface area contributed by atoms with Crippen molar-refractivity contribution in [3.05, 3.63) is 24.3 Å². The van der Waals surface area contributed by atoms with Gasteiger partial charge in [0.2, 0.25) is 5.91 Å². The van der Waals surface area contributed by atoms with Gasteiger partial charge in [0.15, 0.2) is 0 Å². The third kappa shape index (κ3) is 13.8. The van der Waals surface area contributed by atoms with Crippen LogP contribution in [0.3, 0.4) is 0 Å². The van der Waals surface area contributed by atoms with Crippen LogP contribution in [0.15, 0.2) is 24.3 Å². The van der Waals surface area contributed by atoms with E-state index >= 15 is 0 Å². The lowest BCUT2D eigenvalue weighted by molar-refractivity contribution is -0.119. The Bertz CT molecular complexity index is 632. The van der Waals surface area contributed by atoms with Gasteiger partial charge in [0.25, 0.3) is 0 Å². The van der Waals surface area contributed by atoms with Crippen molar-refractivity contribution in [1.82, 2.24) is 5.32 Å². The first-order valence-corrected chi connectivity index (χ1v) is 14.1. The quantitative estimate of drug-likeness (QED) is 0.184.